The predicted octanol–water partition coefficient (Wildman–Crippen LogP) is 4.06. The molecule has 2 aromatic carbocycles. The van der Waals surface area contributed by atoms with E-state index in [1.54, 1.807) is 29.9 Å². The van der Waals surface area contributed by atoms with Crippen molar-refractivity contribution in [2.24, 2.45) is 5.10 Å². The molecule has 4 aromatic rings. The SMILES string of the molecule is Cc1nc(C#N)c(N/N=C/c2cn(-c3ccccc3)nc2-c2cccc([N+](=O)[O-])c2)o1. The summed E-state index contributed by atoms with van der Waals surface area (Å²) in [5.74, 6) is 0.465. The number of nitriles is 1. The molecule has 10 nitrogen and oxygen atoms in total. The summed E-state index contributed by atoms with van der Waals surface area (Å²) in [5, 5.41) is 29.0. The Morgan fingerprint density at radius 1 is 1.26 bits per heavy atom. The molecule has 0 aliphatic heterocycles. The minimum atomic E-state index is -0.456. The number of hydrazone groups is 1. The Morgan fingerprint density at radius 3 is 2.81 bits per heavy atom. The molecule has 0 radical (unpaired) electrons. The predicted molar refractivity (Wildman–Crippen MR) is 113 cm³/mol. The van der Waals surface area contributed by atoms with Crippen LogP contribution in [0, 0.1) is 28.4 Å². The van der Waals surface area contributed by atoms with Crippen LogP contribution in [0.4, 0.5) is 11.6 Å². The van der Waals surface area contributed by atoms with E-state index in [0.717, 1.165) is 5.69 Å². The van der Waals surface area contributed by atoms with Gasteiger partial charge in [-0.2, -0.15) is 15.5 Å². The van der Waals surface area contributed by atoms with Gasteiger partial charge in [-0.05, 0) is 12.1 Å². The standard InChI is InChI=1S/C21H15N7O3/c1-14-24-19(11-22)21(31-14)25-23-12-16-13-27(17-7-3-2-4-8-17)26-20(16)15-6-5-9-18(10-15)28(29)30/h2-10,12-13,25H,1H3/b23-12+. The number of aromatic nitrogens is 3. The molecule has 2 heterocycles. The summed E-state index contributed by atoms with van der Waals surface area (Å²) in [6.45, 7) is 1.63. The first-order valence-corrected chi connectivity index (χ1v) is 9.11. The van der Waals surface area contributed by atoms with Gasteiger partial charge in [0.1, 0.15) is 11.8 Å². The largest absolute Gasteiger partial charge is 0.422 e. The third-order valence-electron chi connectivity index (χ3n) is 4.30. The molecule has 0 spiro atoms. The maximum absolute atomic E-state index is 11.2. The number of aryl methyl sites for hydroxylation is 1. The lowest BCUT2D eigenvalue weighted by molar-refractivity contribution is -0.384. The number of benzene rings is 2. The van der Waals surface area contributed by atoms with E-state index >= 15 is 0 Å². The number of hydrogen-bond donors (Lipinski definition) is 1. The summed E-state index contributed by atoms with van der Waals surface area (Å²) in [6, 6.07) is 17.6. The van der Waals surface area contributed by atoms with Crippen LogP contribution >= 0.6 is 0 Å². The van der Waals surface area contributed by atoms with Gasteiger partial charge >= 0.3 is 0 Å². The number of nitro benzene ring substituents is 1. The molecular weight excluding hydrogens is 398 g/mol. The zero-order valence-corrected chi connectivity index (χ0v) is 16.3. The van der Waals surface area contributed by atoms with E-state index in [-0.39, 0.29) is 17.3 Å². The quantitative estimate of drug-likeness (QED) is 0.286. The normalized spacial score (nSPS) is 10.8. The summed E-state index contributed by atoms with van der Waals surface area (Å²) in [5.41, 5.74) is 5.21. The van der Waals surface area contributed by atoms with E-state index in [0.29, 0.717) is 22.7 Å². The summed E-state index contributed by atoms with van der Waals surface area (Å²) in [7, 11) is 0. The van der Waals surface area contributed by atoms with Crippen molar-refractivity contribution in [2.45, 2.75) is 6.92 Å². The molecule has 0 unspecified atom stereocenters. The van der Waals surface area contributed by atoms with Crippen LogP contribution in [-0.2, 0) is 0 Å². The van der Waals surface area contributed by atoms with Crippen LogP contribution in [0.3, 0.4) is 0 Å². The third kappa shape index (κ3) is 4.15. The van der Waals surface area contributed by atoms with E-state index in [2.05, 4.69) is 20.6 Å². The van der Waals surface area contributed by atoms with Crippen LogP contribution in [0.2, 0.25) is 0 Å². The van der Waals surface area contributed by atoms with Gasteiger partial charge in [0.15, 0.2) is 5.89 Å². The lowest BCUT2D eigenvalue weighted by Gasteiger charge is -2.00. The number of oxazole rings is 1. The molecule has 0 fully saturated rings. The fourth-order valence-electron chi connectivity index (χ4n) is 2.92. The summed E-state index contributed by atoms with van der Waals surface area (Å²) < 4.78 is 6.98. The maximum Gasteiger partial charge on any atom is 0.270 e. The molecule has 152 valence electrons. The number of nitro groups is 1. The molecule has 4 rings (SSSR count). The fourth-order valence-corrected chi connectivity index (χ4v) is 2.92. The minimum absolute atomic E-state index is 0.0384. The first kappa shape index (κ1) is 19.5. The Kier molecular flexibility index (Phi) is 5.23. The number of non-ortho nitro benzene ring substituents is 1. The highest BCUT2D eigenvalue weighted by molar-refractivity contribution is 5.89. The summed E-state index contributed by atoms with van der Waals surface area (Å²) in [4.78, 5) is 14.7. The van der Waals surface area contributed by atoms with Crippen molar-refractivity contribution in [3.8, 4) is 23.0 Å². The molecule has 0 saturated carbocycles. The van der Waals surface area contributed by atoms with Crippen LogP contribution in [0.25, 0.3) is 16.9 Å². The van der Waals surface area contributed by atoms with E-state index in [1.807, 2.05) is 36.4 Å². The first-order valence-electron chi connectivity index (χ1n) is 9.11. The van der Waals surface area contributed by atoms with Gasteiger partial charge in [-0.15, -0.1) is 0 Å². The van der Waals surface area contributed by atoms with E-state index in [4.69, 9.17) is 9.68 Å². The number of anilines is 1. The van der Waals surface area contributed by atoms with Crippen molar-refractivity contribution in [2.75, 3.05) is 5.43 Å². The second-order valence-corrected chi connectivity index (χ2v) is 6.41. The van der Waals surface area contributed by atoms with Crippen molar-refractivity contribution >= 4 is 17.8 Å². The third-order valence-corrected chi connectivity index (χ3v) is 4.30. The first-order chi connectivity index (χ1) is 15.0. The average molecular weight is 413 g/mol. The fraction of sp³-hybridized carbons (Fsp3) is 0.0476. The Morgan fingerprint density at radius 2 is 2.06 bits per heavy atom. The molecule has 2 aromatic heterocycles. The second kappa shape index (κ2) is 8.30. The molecule has 1 N–H and O–H groups in total. The lowest BCUT2D eigenvalue weighted by atomic mass is 10.1. The number of rotatable bonds is 6. The Hall–Kier alpha value is -4.78. The Labute approximate surface area is 176 Å². The van der Waals surface area contributed by atoms with Gasteiger partial charge in [0, 0.05) is 36.4 Å². The van der Waals surface area contributed by atoms with E-state index in [1.165, 1.54) is 18.3 Å². The zero-order chi connectivity index (χ0) is 21.8. The number of nitrogens with one attached hydrogen (secondary N) is 1. The van der Waals surface area contributed by atoms with E-state index in [9.17, 15) is 10.1 Å². The lowest BCUT2D eigenvalue weighted by Crippen LogP contribution is -1.94. The maximum atomic E-state index is 11.2. The van der Waals surface area contributed by atoms with Crippen molar-refractivity contribution in [3.05, 3.63) is 88.1 Å². The van der Waals surface area contributed by atoms with Gasteiger partial charge in [-0.25, -0.2) is 15.1 Å². The topological polar surface area (TPSA) is 135 Å². The van der Waals surface area contributed by atoms with Crippen molar-refractivity contribution in [1.29, 1.82) is 5.26 Å². The molecule has 0 atom stereocenters. The molecule has 0 amide bonds. The monoisotopic (exact) mass is 413 g/mol. The highest BCUT2D eigenvalue weighted by Crippen LogP contribution is 2.26. The van der Waals surface area contributed by atoms with Crippen molar-refractivity contribution < 1.29 is 9.34 Å². The average Bonchev–Trinajstić information content (AvgIpc) is 3.37. The number of nitrogens with zero attached hydrogens (tertiary/aromatic N) is 6. The van der Waals surface area contributed by atoms with Crippen LogP contribution in [0.5, 0.6) is 0 Å². The zero-order valence-electron chi connectivity index (χ0n) is 16.3. The van der Waals surface area contributed by atoms with Crippen LogP contribution in [0.1, 0.15) is 17.1 Å². The molecule has 0 aliphatic carbocycles. The summed E-state index contributed by atoms with van der Waals surface area (Å²) >= 11 is 0. The highest BCUT2D eigenvalue weighted by Gasteiger charge is 2.15. The summed E-state index contributed by atoms with van der Waals surface area (Å²) in [6.07, 6.45) is 3.26. The van der Waals surface area contributed by atoms with Crippen LogP contribution in [-0.4, -0.2) is 25.9 Å². The number of hydrogen-bond acceptors (Lipinski definition) is 8. The minimum Gasteiger partial charge on any atom is -0.422 e. The molecule has 0 saturated heterocycles. The molecule has 0 bridgehead atoms. The van der Waals surface area contributed by atoms with Gasteiger partial charge in [0.25, 0.3) is 11.6 Å². The highest BCUT2D eigenvalue weighted by atomic mass is 16.6. The molecule has 10 heteroatoms. The number of para-hydroxylation sites is 1. The van der Waals surface area contributed by atoms with Gasteiger partial charge in [0.2, 0.25) is 5.69 Å². The van der Waals surface area contributed by atoms with Crippen LogP contribution in [0.15, 0.2) is 70.3 Å². The smallest absolute Gasteiger partial charge is 0.270 e. The van der Waals surface area contributed by atoms with Crippen LogP contribution < -0.4 is 5.43 Å². The van der Waals surface area contributed by atoms with Gasteiger partial charge in [-0.1, -0.05) is 30.3 Å². The van der Waals surface area contributed by atoms with Gasteiger partial charge in [0.05, 0.1) is 16.8 Å². The Balaban J connectivity index is 1.73. The van der Waals surface area contributed by atoms with E-state index < -0.39 is 4.92 Å². The van der Waals surface area contributed by atoms with Gasteiger partial charge in [-0.3, -0.25) is 10.1 Å². The van der Waals surface area contributed by atoms with Crippen molar-refractivity contribution in [1.82, 2.24) is 14.8 Å². The molecule has 0 aliphatic rings. The molecular formula is C21H15N7O3. The second-order valence-electron chi connectivity index (χ2n) is 6.41. The van der Waals surface area contributed by atoms with Crippen molar-refractivity contribution in [3.63, 3.8) is 0 Å². The van der Waals surface area contributed by atoms with Gasteiger partial charge < -0.3 is 4.42 Å². The Bertz CT molecular complexity index is 1320. The molecule has 31 heavy (non-hydrogen) atoms.